The van der Waals surface area contributed by atoms with Gasteiger partial charge < -0.3 is 5.32 Å². The SMILES string of the molecule is [2H]c1c([2H])c([2H])c(-n2c(C(C)NC(=O)c3c(C)nn4cccnc34)cc3cccc(C#Cc4ccn(C)n4)c3c2=O)c([2H])c1[2H]. The van der Waals surface area contributed by atoms with E-state index in [1.54, 1.807) is 80.6 Å². The fourth-order valence-corrected chi connectivity index (χ4v) is 4.61. The van der Waals surface area contributed by atoms with Crippen LogP contribution in [-0.2, 0) is 7.05 Å². The van der Waals surface area contributed by atoms with E-state index < -0.39 is 47.7 Å². The molecule has 2 aromatic carbocycles. The van der Waals surface area contributed by atoms with Crippen LogP contribution in [-0.4, -0.2) is 34.9 Å². The van der Waals surface area contributed by atoms with Crippen molar-refractivity contribution in [2.45, 2.75) is 19.9 Å². The zero-order chi connectivity index (χ0) is 32.2. The average molecular weight is 533 g/mol. The van der Waals surface area contributed by atoms with E-state index in [2.05, 4.69) is 32.3 Å². The lowest BCUT2D eigenvalue weighted by atomic mass is 10.0. The number of aryl methyl sites for hydroxylation is 2. The Morgan fingerprint density at radius 1 is 1.07 bits per heavy atom. The van der Waals surface area contributed by atoms with Crippen molar-refractivity contribution in [3.05, 3.63) is 124 Å². The molecule has 1 unspecified atom stereocenters. The fourth-order valence-electron chi connectivity index (χ4n) is 4.61. The number of fused-ring (bicyclic) bond motifs is 2. The second kappa shape index (κ2) is 10.0. The van der Waals surface area contributed by atoms with E-state index >= 15 is 0 Å². The summed E-state index contributed by atoms with van der Waals surface area (Å²) in [5.74, 6) is 5.44. The molecule has 1 amide bonds. The maximum absolute atomic E-state index is 14.4. The van der Waals surface area contributed by atoms with E-state index in [1.807, 2.05) is 0 Å². The first-order chi connectivity index (χ1) is 21.5. The van der Waals surface area contributed by atoms with Gasteiger partial charge >= 0.3 is 0 Å². The molecule has 4 heterocycles. The highest BCUT2D eigenvalue weighted by molar-refractivity contribution is 6.01. The molecule has 0 radical (unpaired) electrons. The minimum absolute atomic E-state index is 0.178. The van der Waals surface area contributed by atoms with Gasteiger partial charge in [-0.1, -0.05) is 36.2 Å². The molecular formula is C31H25N7O2. The number of pyridine rings is 1. The van der Waals surface area contributed by atoms with E-state index in [1.165, 1.54) is 4.52 Å². The molecule has 0 aliphatic rings. The van der Waals surface area contributed by atoms with Crippen molar-refractivity contribution < 1.29 is 11.6 Å². The van der Waals surface area contributed by atoms with Crippen LogP contribution in [0.2, 0.25) is 0 Å². The summed E-state index contributed by atoms with van der Waals surface area (Å²) < 4.78 is 46.1. The first kappa shape index (κ1) is 19.6. The Morgan fingerprint density at radius 3 is 2.67 bits per heavy atom. The average Bonchev–Trinajstić information content (AvgIpc) is 3.60. The van der Waals surface area contributed by atoms with Gasteiger partial charge in [-0.05, 0) is 61.5 Å². The lowest BCUT2D eigenvalue weighted by Crippen LogP contribution is -2.32. The standard InChI is InChI=1S/C31H25N7O2/c1-20(33-30(39)27-21(2)34-37-17-8-16-32-29(27)37)26-19-23-10-7-9-22(13-14-24-15-18-36(3)35-24)28(23)31(40)38(26)25-11-5-4-6-12-25/h4-12,15-20H,1-3H3,(H,33,39)/i4D,5D,6D,11D,12D. The normalized spacial score (nSPS) is 13.5. The molecule has 9 nitrogen and oxygen atoms in total. The predicted molar refractivity (Wildman–Crippen MR) is 152 cm³/mol. The lowest BCUT2D eigenvalue weighted by molar-refractivity contribution is 0.0939. The number of rotatable bonds is 4. The number of hydrogen-bond acceptors (Lipinski definition) is 5. The molecular weight excluding hydrogens is 502 g/mol. The molecule has 0 saturated carbocycles. The zero-order valence-electron chi connectivity index (χ0n) is 26.8. The van der Waals surface area contributed by atoms with E-state index in [0.717, 1.165) is 4.57 Å². The molecule has 0 bridgehead atoms. The second-order valence-corrected chi connectivity index (χ2v) is 9.12. The Kier molecular flexibility index (Phi) is 4.89. The first-order valence-electron chi connectivity index (χ1n) is 14.9. The minimum Gasteiger partial charge on any atom is -0.344 e. The Hall–Kier alpha value is -5.49. The summed E-state index contributed by atoms with van der Waals surface area (Å²) in [7, 11) is 1.76. The Balaban J connectivity index is 1.58. The fraction of sp³-hybridized carbons (Fsp3) is 0.129. The van der Waals surface area contributed by atoms with Gasteiger partial charge in [-0.25, -0.2) is 9.50 Å². The number of carbonyl (C=O) groups excluding carboxylic acids is 1. The van der Waals surface area contributed by atoms with Crippen LogP contribution in [0, 0.1) is 18.8 Å². The van der Waals surface area contributed by atoms with Crippen LogP contribution in [0.15, 0.2) is 90.0 Å². The molecule has 0 aliphatic carbocycles. The van der Waals surface area contributed by atoms with Gasteiger partial charge in [0.15, 0.2) is 5.65 Å². The van der Waals surface area contributed by atoms with Crippen molar-refractivity contribution in [3.63, 3.8) is 0 Å². The Morgan fingerprint density at radius 2 is 1.90 bits per heavy atom. The van der Waals surface area contributed by atoms with Gasteiger partial charge in [-0.2, -0.15) is 10.2 Å². The van der Waals surface area contributed by atoms with Gasteiger partial charge in [0.1, 0.15) is 11.3 Å². The zero-order valence-corrected chi connectivity index (χ0v) is 21.8. The molecule has 0 fully saturated rings. The predicted octanol–water partition coefficient (Wildman–Crippen LogP) is 3.97. The summed E-state index contributed by atoms with van der Waals surface area (Å²) in [6.45, 7) is 3.32. The molecule has 4 aromatic heterocycles. The van der Waals surface area contributed by atoms with Gasteiger partial charge in [0.25, 0.3) is 11.5 Å². The molecule has 0 spiro atoms. The number of nitrogens with zero attached hydrogens (tertiary/aromatic N) is 6. The van der Waals surface area contributed by atoms with Crippen LogP contribution in [0.1, 0.15) is 52.8 Å². The Labute approximate surface area is 236 Å². The summed E-state index contributed by atoms with van der Waals surface area (Å²) in [6, 6.07) is 6.37. The van der Waals surface area contributed by atoms with Crippen molar-refractivity contribution in [2.24, 2.45) is 7.05 Å². The number of para-hydroxylation sites is 1. The summed E-state index contributed by atoms with van der Waals surface area (Å²) in [5.41, 5.74) is 1.07. The summed E-state index contributed by atoms with van der Waals surface area (Å²) >= 11 is 0. The van der Waals surface area contributed by atoms with Crippen molar-refractivity contribution in [1.29, 1.82) is 0 Å². The number of benzene rings is 2. The first-order valence-corrected chi connectivity index (χ1v) is 12.4. The monoisotopic (exact) mass is 532 g/mol. The van der Waals surface area contributed by atoms with E-state index in [4.69, 9.17) is 6.85 Å². The molecule has 6 aromatic rings. The van der Waals surface area contributed by atoms with E-state index in [-0.39, 0.29) is 22.3 Å². The third kappa shape index (κ3) is 4.41. The maximum atomic E-state index is 14.4. The minimum atomic E-state index is -0.881. The highest BCUT2D eigenvalue weighted by Crippen LogP contribution is 2.24. The van der Waals surface area contributed by atoms with Crippen molar-refractivity contribution in [2.75, 3.05) is 0 Å². The number of carbonyl (C=O) groups is 1. The molecule has 1 atom stereocenters. The number of amides is 1. The molecule has 0 saturated heterocycles. The van der Waals surface area contributed by atoms with Crippen LogP contribution < -0.4 is 10.9 Å². The van der Waals surface area contributed by atoms with E-state index in [9.17, 15) is 9.59 Å². The molecule has 9 heteroatoms. The van der Waals surface area contributed by atoms with Gasteiger partial charge in [-0.15, -0.1) is 0 Å². The molecule has 0 aliphatic heterocycles. The van der Waals surface area contributed by atoms with Crippen LogP contribution in [0.3, 0.4) is 0 Å². The highest BCUT2D eigenvalue weighted by atomic mass is 16.2. The van der Waals surface area contributed by atoms with Gasteiger partial charge in [0.05, 0.1) is 24.0 Å². The highest BCUT2D eigenvalue weighted by Gasteiger charge is 2.23. The van der Waals surface area contributed by atoms with Crippen molar-refractivity contribution >= 4 is 22.3 Å². The molecule has 40 heavy (non-hydrogen) atoms. The van der Waals surface area contributed by atoms with Crippen molar-refractivity contribution in [3.8, 4) is 17.5 Å². The molecule has 196 valence electrons. The second-order valence-electron chi connectivity index (χ2n) is 9.12. The van der Waals surface area contributed by atoms with Crippen LogP contribution >= 0.6 is 0 Å². The topological polar surface area (TPSA) is 99.1 Å². The lowest BCUT2D eigenvalue weighted by Gasteiger charge is -2.21. The number of nitrogens with one attached hydrogen (secondary N) is 1. The largest absolute Gasteiger partial charge is 0.344 e. The third-order valence-corrected chi connectivity index (χ3v) is 6.41. The van der Waals surface area contributed by atoms with Crippen LogP contribution in [0.5, 0.6) is 0 Å². The summed E-state index contributed by atoms with van der Waals surface area (Å²) in [6.07, 6.45) is 4.96. The Bertz CT molecular complexity index is 2280. The number of aromatic nitrogens is 6. The van der Waals surface area contributed by atoms with Gasteiger partial charge in [0, 0.05) is 42.6 Å². The van der Waals surface area contributed by atoms with Gasteiger partial charge in [-0.3, -0.25) is 18.8 Å². The summed E-state index contributed by atoms with van der Waals surface area (Å²) in [4.78, 5) is 32.3. The smallest absolute Gasteiger partial charge is 0.264 e. The van der Waals surface area contributed by atoms with Gasteiger partial charge in [0.2, 0.25) is 0 Å². The van der Waals surface area contributed by atoms with Crippen molar-refractivity contribution in [1.82, 2.24) is 34.3 Å². The quantitative estimate of drug-likeness (QED) is 0.347. The molecule has 1 N–H and O–H groups in total. The number of hydrogen-bond donors (Lipinski definition) is 1. The summed E-state index contributed by atoms with van der Waals surface area (Å²) in [5, 5.41) is 12.2. The maximum Gasteiger partial charge on any atom is 0.264 e. The van der Waals surface area contributed by atoms with Crippen LogP contribution in [0.4, 0.5) is 0 Å². The van der Waals surface area contributed by atoms with E-state index in [0.29, 0.717) is 28.0 Å². The molecule has 6 rings (SSSR count). The third-order valence-electron chi connectivity index (χ3n) is 6.41. The van der Waals surface area contributed by atoms with Crippen LogP contribution in [0.25, 0.3) is 22.1 Å².